The summed E-state index contributed by atoms with van der Waals surface area (Å²) in [6.45, 7) is 1.96. The van der Waals surface area contributed by atoms with E-state index in [1.165, 1.54) is 6.20 Å². The van der Waals surface area contributed by atoms with Gasteiger partial charge in [-0.05, 0) is 36.8 Å². The molecule has 0 bridgehead atoms. The molecule has 0 atom stereocenters. The first-order valence-electron chi connectivity index (χ1n) is 6.99. The Balaban J connectivity index is 1.73. The number of esters is 1. The summed E-state index contributed by atoms with van der Waals surface area (Å²) in [6, 6.07) is 8.77. The average Bonchev–Trinajstić information content (AvgIpc) is 2.49. The Bertz CT molecular complexity index is 762. The van der Waals surface area contributed by atoms with Gasteiger partial charge in [0.25, 0.3) is 0 Å². The van der Waals surface area contributed by atoms with Gasteiger partial charge in [-0.15, -0.1) is 0 Å². The van der Waals surface area contributed by atoms with E-state index in [0.717, 1.165) is 11.3 Å². The highest BCUT2D eigenvalue weighted by molar-refractivity contribution is 6.30. The summed E-state index contributed by atoms with van der Waals surface area (Å²) < 4.78 is 5.22. The van der Waals surface area contributed by atoms with Crippen LogP contribution in [0.25, 0.3) is 0 Å². The minimum absolute atomic E-state index is 0.0233. The Morgan fingerprint density at radius 2 is 2.22 bits per heavy atom. The molecule has 7 heteroatoms. The highest BCUT2D eigenvalue weighted by Crippen LogP contribution is 2.32. The highest BCUT2D eigenvalue weighted by Gasteiger charge is 2.25. The van der Waals surface area contributed by atoms with Crippen LogP contribution >= 0.6 is 11.6 Å². The fourth-order valence-electron chi connectivity index (χ4n) is 2.31. The maximum atomic E-state index is 12.2. The molecule has 0 aliphatic carbocycles. The fourth-order valence-corrected chi connectivity index (χ4v) is 2.42. The second-order valence-corrected chi connectivity index (χ2v) is 5.65. The minimum atomic E-state index is -0.388. The van der Waals surface area contributed by atoms with Gasteiger partial charge in [-0.2, -0.15) is 0 Å². The lowest BCUT2D eigenvalue weighted by Gasteiger charge is -2.29. The van der Waals surface area contributed by atoms with Gasteiger partial charge in [-0.1, -0.05) is 17.7 Å². The quantitative estimate of drug-likeness (QED) is 0.690. The molecule has 118 valence electrons. The van der Waals surface area contributed by atoms with Gasteiger partial charge < -0.3 is 15.0 Å². The number of hydrogen-bond acceptors (Lipinski definition) is 5. The molecule has 23 heavy (non-hydrogen) atoms. The van der Waals surface area contributed by atoms with Crippen molar-refractivity contribution in [3.63, 3.8) is 0 Å². The average molecular weight is 332 g/mol. The normalized spacial score (nSPS) is 13.3. The topological polar surface area (TPSA) is 71.5 Å². The minimum Gasteiger partial charge on any atom is -0.423 e. The van der Waals surface area contributed by atoms with Gasteiger partial charge in [0.1, 0.15) is 12.4 Å². The molecule has 0 radical (unpaired) electrons. The van der Waals surface area contributed by atoms with Crippen molar-refractivity contribution in [2.75, 3.05) is 23.3 Å². The molecule has 1 aromatic carbocycles. The number of fused-ring (bicyclic) bond motifs is 1. The van der Waals surface area contributed by atoms with Gasteiger partial charge in [-0.3, -0.25) is 4.79 Å². The lowest BCUT2D eigenvalue weighted by atomic mass is 10.1. The number of anilines is 2. The molecule has 1 aliphatic rings. The Morgan fingerprint density at radius 3 is 2.96 bits per heavy atom. The second kappa shape index (κ2) is 6.26. The molecule has 3 rings (SSSR count). The molecule has 6 nitrogen and oxygen atoms in total. The van der Waals surface area contributed by atoms with Crippen molar-refractivity contribution in [1.29, 1.82) is 0 Å². The zero-order valence-electron chi connectivity index (χ0n) is 12.4. The van der Waals surface area contributed by atoms with Crippen molar-refractivity contribution >= 4 is 35.0 Å². The summed E-state index contributed by atoms with van der Waals surface area (Å²) in [6.07, 6.45) is 1.45. The van der Waals surface area contributed by atoms with Gasteiger partial charge in [0.2, 0.25) is 5.91 Å². The molecular formula is C16H14ClN3O3. The van der Waals surface area contributed by atoms with Crippen LogP contribution in [-0.4, -0.2) is 29.9 Å². The number of aryl methyl sites for hydroxylation is 1. The van der Waals surface area contributed by atoms with Crippen LogP contribution in [0.15, 0.2) is 36.5 Å². The third kappa shape index (κ3) is 3.60. The van der Waals surface area contributed by atoms with Crippen molar-refractivity contribution in [2.24, 2.45) is 0 Å². The molecule has 1 aromatic heterocycles. The summed E-state index contributed by atoms with van der Waals surface area (Å²) in [5.74, 6) is 0.211. The van der Waals surface area contributed by atoms with Crippen molar-refractivity contribution in [3.05, 3.63) is 47.1 Å². The number of nitrogens with zero attached hydrogens (tertiary/aromatic N) is 2. The summed E-state index contributed by atoms with van der Waals surface area (Å²) in [7, 11) is 0. The molecule has 0 unspecified atom stereocenters. The van der Waals surface area contributed by atoms with Gasteiger partial charge in [-0.25, -0.2) is 9.78 Å². The van der Waals surface area contributed by atoms with Crippen molar-refractivity contribution < 1.29 is 14.3 Å². The smallest absolute Gasteiger partial charge is 0.331 e. The van der Waals surface area contributed by atoms with Crippen LogP contribution in [0, 0.1) is 6.92 Å². The first kappa shape index (κ1) is 15.3. The van der Waals surface area contributed by atoms with E-state index < -0.39 is 0 Å². The van der Waals surface area contributed by atoms with E-state index in [1.54, 1.807) is 23.1 Å². The zero-order valence-corrected chi connectivity index (χ0v) is 13.1. The largest absolute Gasteiger partial charge is 0.423 e. The number of amides is 1. The molecule has 2 aromatic rings. The first-order chi connectivity index (χ1) is 11.0. The Morgan fingerprint density at radius 1 is 1.39 bits per heavy atom. The van der Waals surface area contributed by atoms with Crippen LogP contribution in [0.5, 0.6) is 5.75 Å². The van der Waals surface area contributed by atoms with Gasteiger partial charge in [0.05, 0.1) is 17.3 Å². The number of rotatable bonds is 3. The van der Waals surface area contributed by atoms with E-state index in [0.29, 0.717) is 16.6 Å². The Labute approximate surface area is 138 Å². The van der Waals surface area contributed by atoms with Gasteiger partial charge >= 0.3 is 5.97 Å². The van der Waals surface area contributed by atoms with Crippen molar-refractivity contribution in [1.82, 2.24) is 4.98 Å². The maximum Gasteiger partial charge on any atom is 0.331 e. The lowest BCUT2D eigenvalue weighted by Crippen LogP contribution is -2.41. The van der Waals surface area contributed by atoms with Crippen LogP contribution in [0.1, 0.15) is 5.56 Å². The van der Waals surface area contributed by atoms with Crippen LogP contribution in [0.3, 0.4) is 0 Å². The molecule has 1 N–H and O–H groups in total. The molecule has 0 spiro atoms. The number of aromatic nitrogens is 1. The van der Waals surface area contributed by atoms with Crippen LogP contribution in [-0.2, 0) is 9.59 Å². The number of carbonyl (C=O) groups is 2. The van der Waals surface area contributed by atoms with Crippen LogP contribution < -0.4 is 15.0 Å². The lowest BCUT2D eigenvalue weighted by molar-refractivity contribution is -0.133. The predicted octanol–water partition coefficient (Wildman–Crippen LogP) is 2.41. The fraction of sp³-hybridized carbons (Fsp3) is 0.188. The van der Waals surface area contributed by atoms with Crippen LogP contribution in [0.4, 0.5) is 11.5 Å². The second-order valence-electron chi connectivity index (χ2n) is 5.21. The molecule has 1 amide bonds. The zero-order chi connectivity index (χ0) is 16.4. The standard InChI is InChI=1S/C16H14ClN3O3/c1-10-2-4-12-13(6-10)23-16(22)9-20(12)8-15(21)19-14-5-3-11(17)7-18-14/h2-7H,8-9H2,1H3,(H,18,19,21). The first-order valence-corrected chi connectivity index (χ1v) is 7.37. The molecule has 2 heterocycles. The maximum absolute atomic E-state index is 12.2. The van der Waals surface area contributed by atoms with Gasteiger partial charge in [0, 0.05) is 6.20 Å². The van der Waals surface area contributed by atoms with E-state index in [1.807, 2.05) is 19.1 Å². The SMILES string of the molecule is Cc1ccc2c(c1)OC(=O)CN2CC(=O)Nc1ccc(Cl)cn1. The number of carbonyl (C=O) groups excluding carboxylic acids is 2. The van der Waals surface area contributed by atoms with E-state index in [4.69, 9.17) is 16.3 Å². The summed E-state index contributed by atoms with van der Waals surface area (Å²) in [5, 5.41) is 3.16. The van der Waals surface area contributed by atoms with E-state index >= 15 is 0 Å². The third-order valence-corrected chi connectivity index (χ3v) is 3.55. The molecule has 0 fully saturated rings. The summed E-state index contributed by atoms with van der Waals surface area (Å²) in [5.41, 5.74) is 1.70. The highest BCUT2D eigenvalue weighted by atomic mass is 35.5. The molecular weight excluding hydrogens is 318 g/mol. The number of ether oxygens (including phenoxy) is 1. The number of benzene rings is 1. The number of nitrogens with one attached hydrogen (secondary N) is 1. The molecule has 1 aliphatic heterocycles. The summed E-state index contributed by atoms with van der Waals surface area (Å²) >= 11 is 5.75. The number of halogens is 1. The van der Waals surface area contributed by atoms with Crippen molar-refractivity contribution in [2.45, 2.75) is 6.92 Å². The van der Waals surface area contributed by atoms with Crippen molar-refractivity contribution in [3.8, 4) is 5.75 Å². The third-order valence-electron chi connectivity index (χ3n) is 3.33. The number of hydrogen-bond donors (Lipinski definition) is 1. The van der Waals surface area contributed by atoms with E-state index in [9.17, 15) is 9.59 Å². The number of pyridine rings is 1. The van der Waals surface area contributed by atoms with Crippen LogP contribution in [0.2, 0.25) is 5.02 Å². The Kier molecular flexibility index (Phi) is 4.16. The molecule has 0 saturated carbocycles. The Hall–Kier alpha value is -2.60. The predicted molar refractivity (Wildman–Crippen MR) is 86.9 cm³/mol. The van der Waals surface area contributed by atoms with E-state index in [2.05, 4.69) is 10.3 Å². The molecule has 0 saturated heterocycles. The van der Waals surface area contributed by atoms with E-state index in [-0.39, 0.29) is 25.0 Å². The monoisotopic (exact) mass is 331 g/mol. The summed E-state index contributed by atoms with van der Waals surface area (Å²) in [4.78, 5) is 29.6. The van der Waals surface area contributed by atoms with Gasteiger partial charge in [0.15, 0.2) is 5.75 Å².